The van der Waals surface area contributed by atoms with E-state index < -0.39 is 6.10 Å². The third-order valence-corrected chi connectivity index (χ3v) is 6.47. The molecule has 0 aliphatic carbocycles. The molecule has 5 aromatic rings. The highest BCUT2D eigenvalue weighted by Gasteiger charge is 2.23. The number of aliphatic hydroxyl groups is 1. The minimum atomic E-state index is -0.670. The second-order valence-electron chi connectivity index (χ2n) is 9.25. The van der Waals surface area contributed by atoms with Crippen LogP contribution in [0.5, 0.6) is 5.75 Å². The Balaban J connectivity index is 1.61. The van der Waals surface area contributed by atoms with E-state index in [1.54, 1.807) is 21.5 Å². The SMILES string of the molecule is Cc1c(C(C)C)c(-c2cccc3nn(C[C@H](O)c4ccccc4)cc23)nn1-c1ccc(C#N)cc1O. The first-order chi connectivity index (χ1) is 17.4. The van der Waals surface area contributed by atoms with Crippen molar-refractivity contribution in [1.82, 2.24) is 19.6 Å². The van der Waals surface area contributed by atoms with Gasteiger partial charge in [-0.15, -0.1) is 0 Å². The van der Waals surface area contributed by atoms with E-state index in [2.05, 4.69) is 19.9 Å². The van der Waals surface area contributed by atoms with Crippen LogP contribution >= 0.6 is 0 Å². The lowest BCUT2D eigenvalue weighted by Crippen LogP contribution is -2.08. The minimum Gasteiger partial charge on any atom is -0.506 e. The van der Waals surface area contributed by atoms with Crippen molar-refractivity contribution in [3.8, 4) is 28.8 Å². The molecule has 3 aromatic carbocycles. The molecule has 2 N–H and O–H groups in total. The lowest BCUT2D eigenvalue weighted by Gasteiger charge is -2.10. The van der Waals surface area contributed by atoms with E-state index in [0.29, 0.717) is 17.8 Å². The van der Waals surface area contributed by atoms with Crippen molar-refractivity contribution < 1.29 is 10.2 Å². The number of fused-ring (bicyclic) bond motifs is 1. The Hall–Kier alpha value is -4.41. The third kappa shape index (κ3) is 4.12. The van der Waals surface area contributed by atoms with Crippen LogP contribution in [-0.4, -0.2) is 29.8 Å². The number of aliphatic hydroxyl groups excluding tert-OH is 1. The van der Waals surface area contributed by atoms with Gasteiger partial charge in [-0.25, -0.2) is 4.68 Å². The summed E-state index contributed by atoms with van der Waals surface area (Å²) in [5.74, 6) is 0.182. The van der Waals surface area contributed by atoms with Gasteiger partial charge in [0.05, 0.1) is 35.5 Å². The van der Waals surface area contributed by atoms with Gasteiger partial charge in [-0.1, -0.05) is 56.3 Å². The minimum absolute atomic E-state index is 0.00225. The van der Waals surface area contributed by atoms with Gasteiger partial charge >= 0.3 is 0 Å². The molecule has 2 aromatic heterocycles. The van der Waals surface area contributed by atoms with Crippen molar-refractivity contribution in [2.24, 2.45) is 0 Å². The summed E-state index contributed by atoms with van der Waals surface area (Å²) in [4.78, 5) is 0. The maximum absolute atomic E-state index is 10.7. The van der Waals surface area contributed by atoms with Crippen LogP contribution in [0.2, 0.25) is 0 Å². The fraction of sp³-hybridized carbons (Fsp3) is 0.207. The summed E-state index contributed by atoms with van der Waals surface area (Å²) in [6.07, 6.45) is 1.28. The van der Waals surface area contributed by atoms with E-state index in [1.807, 2.05) is 61.7 Å². The molecule has 180 valence electrons. The summed E-state index contributed by atoms with van der Waals surface area (Å²) < 4.78 is 3.51. The molecule has 7 nitrogen and oxygen atoms in total. The Bertz CT molecular complexity index is 1590. The number of nitrogens with zero attached hydrogens (tertiary/aromatic N) is 5. The Morgan fingerprint density at radius 1 is 1.00 bits per heavy atom. The van der Waals surface area contributed by atoms with E-state index in [0.717, 1.165) is 39.0 Å². The van der Waals surface area contributed by atoms with E-state index in [1.165, 1.54) is 6.07 Å². The van der Waals surface area contributed by atoms with Crippen LogP contribution in [0.25, 0.3) is 27.8 Å². The maximum Gasteiger partial charge on any atom is 0.142 e. The number of benzene rings is 3. The van der Waals surface area contributed by atoms with E-state index in [-0.39, 0.29) is 11.7 Å². The predicted molar refractivity (Wildman–Crippen MR) is 139 cm³/mol. The summed E-state index contributed by atoms with van der Waals surface area (Å²) in [6, 6.07) is 22.4. The average Bonchev–Trinajstić information content (AvgIpc) is 3.44. The third-order valence-electron chi connectivity index (χ3n) is 6.47. The van der Waals surface area contributed by atoms with Crippen LogP contribution in [0, 0.1) is 18.3 Å². The normalized spacial score (nSPS) is 12.2. The van der Waals surface area contributed by atoms with Gasteiger partial charge in [-0.3, -0.25) is 4.68 Å². The molecule has 0 unspecified atom stereocenters. The predicted octanol–water partition coefficient (Wildman–Crippen LogP) is 5.63. The number of aromatic nitrogens is 4. The zero-order chi connectivity index (χ0) is 25.4. The van der Waals surface area contributed by atoms with Gasteiger partial charge < -0.3 is 10.2 Å². The van der Waals surface area contributed by atoms with E-state index >= 15 is 0 Å². The smallest absolute Gasteiger partial charge is 0.142 e. The highest BCUT2D eigenvalue weighted by molar-refractivity contribution is 5.94. The van der Waals surface area contributed by atoms with Crippen LogP contribution in [0.15, 0.2) is 72.9 Å². The molecule has 2 heterocycles. The standard InChI is InChI=1S/C29H27N5O2/c1-18(2)28-19(3)34(25-13-12-20(15-30)14-26(25)35)32-29(28)22-10-7-11-24-23(22)16-33(31-24)17-27(36)21-8-5-4-6-9-21/h4-14,16,18,27,35-36H,17H2,1-3H3/t27-/m0/s1. The second kappa shape index (κ2) is 9.33. The van der Waals surface area contributed by atoms with E-state index in [9.17, 15) is 10.2 Å². The molecule has 1 atom stereocenters. The number of phenolic OH excluding ortho intramolecular Hbond substituents is 1. The van der Waals surface area contributed by atoms with Gasteiger partial charge in [0, 0.05) is 28.4 Å². The van der Waals surface area contributed by atoms with Gasteiger partial charge in [0.1, 0.15) is 11.4 Å². The van der Waals surface area contributed by atoms with Crippen molar-refractivity contribution in [3.05, 3.63) is 95.3 Å². The monoisotopic (exact) mass is 477 g/mol. The summed E-state index contributed by atoms with van der Waals surface area (Å²) in [7, 11) is 0. The Morgan fingerprint density at radius 3 is 2.47 bits per heavy atom. The highest BCUT2D eigenvalue weighted by atomic mass is 16.3. The second-order valence-corrected chi connectivity index (χ2v) is 9.25. The van der Waals surface area contributed by atoms with Crippen molar-refractivity contribution in [1.29, 1.82) is 5.26 Å². The Morgan fingerprint density at radius 2 is 1.78 bits per heavy atom. The van der Waals surface area contributed by atoms with Gasteiger partial charge in [0.25, 0.3) is 0 Å². The van der Waals surface area contributed by atoms with Crippen LogP contribution in [0.1, 0.15) is 48.3 Å². The molecule has 0 fully saturated rings. The Kier molecular flexibility index (Phi) is 6.05. The molecule has 7 heteroatoms. The number of hydrogen-bond donors (Lipinski definition) is 2. The number of phenols is 1. The van der Waals surface area contributed by atoms with E-state index in [4.69, 9.17) is 15.5 Å². The van der Waals surface area contributed by atoms with Crippen LogP contribution in [0.3, 0.4) is 0 Å². The van der Waals surface area contributed by atoms with Gasteiger partial charge in [-0.2, -0.15) is 15.5 Å². The largest absolute Gasteiger partial charge is 0.506 e. The van der Waals surface area contributed by atoms with Crippen molar-refractivity contribution in [2.75, 3.05) is 0 Å². The maximum atomic E-state index is 10.7. The van der Waals surface area contributed by atoms with Gasteiger partial charge in [-0.05, 0) is 42.7 Å². The molecule has 0 saturated heterocycles. The van der Waals surface area contributed by atoms with Crippen LogP contribution in [0.4, 0.5) is 0 Å². The quantitative estimate of drug-likeness (QED) is 0.330. The summed E-state index contributed by atoms with van der Waals surface area (Å²) in [5.41, 5.74) is 6.32. The molecule has 36 heavy (non-hydrogen) atoms. The first-order valence-corrected chi connectivity index (χ1v) is 11.9. The lowest BCUT2D eigenvalue weighted by atomic mass is 9.95. The molecule has 0 saturated carbocycles. The first kappa shape index (κ1) is 23.3. The summed E-state index contributed by atoms with van der Waals surface area (Å²) in [5, 5.41) is 41.1. The molecule has 0 bridgehead atoms. The molecule has 0 amide bonds. The van der Waals surface area contributed by atoms with Crippen molar-refractivity contribution >= 4 is 10.9 Å². The van der Waals surface area contributed by atoms with Crippen molar-refractivity contribution in [2.45, 2.75) is 39.3 Å². The fourth-order valence-electron chi connectivity index (χ4n) is 4.76. The highest BCUT2D eigenvalue weighted by Crippen LogP contribution is 2.37. The number of aromatic hydroxyl groups is 1. The average molecular weight is 478 g/mol. The molecule has 0 aliphatic rings. The molecular formula is C29H27N5O2. The molecule has 5 rings (SSSR count). The number of nitriles is 1. The number of hydrogen-bond acceptors (Lipinski definition) is 5. The van der Waals surface area contributed by atoms with Gasteiger partial charge in [0.2, 0.25) is 0 Å². The van der Waals surface area contributed by atoms with Crippen LogP contribution in [-0.2, 0) is 6.54 Å². The summed E-state index contributed by atoms with van der Waals surface area (Å²) >= 11 is 0. The molecule has 0 spiro atoms. The molecular weight excluding hydrogens is 450 g/mol. The number of rotatable bonds is 6. The lowest BCUT2D eigenvalue weighted by molar-refractivity contribution is 0.152. The van der Waals surface area contributed by atoms with Crippen LogP contribution < -0.4 is 0 Å². The Labute approximate surface area is 209 Å². The first-order valence-electron chi connectivity index (χ1n) is 11.9. The topological polar surface area (TPSA) is 99.9 Å². The van der Waals surface area contributed by atoms with Gasteiger partial charge in [0.15, 0.2) is 0 Å². The fourth-order valence-corrected chi connectivity index (χ4v) is 4.76. The summed E-state index contributed by atoms with van der Waals surface area (Å²) in [6.45, 7) is 6.57. The molecule has 0 aliphatic heterocycles. The van der Waals surface area contributed by atoms with Crippen molar-refractivity contribution in [3.63, 3.8) is 0 Å². The zero-order valence-corrected chi connectivity index (χ0v) is 20.4. The zero-order valence-electron chi connectivity index (χ0n) is 20.4. The molecule has 0 radical (unpaired) electrons.